The molecule has 2 heteroatoms. The van der Waals surface area contributed by atoms with Crippen molar-refractivity contribution >= 4 is 5.78 Å². The van der Waals surface area contributed by atoms with Gasteiger partial charge in [0.1, 0.15) is 0 Å². The van der Waals surface area contributed by atoms with Gasteiger partial charge in [0.2, 0.25) is 0 Å². The molecule has 0 N–H and O–H groups in total. The van der Waals surface area contributed by atoms with Crippen LogP contribution >= 0.6 is 0 Å². The molecular weight excluding hydrogens is 188 g/mol. The second kappa shape index (κ2) is 5.15. The molecule has 15 heavy (non-hydrogen) atoms. The Morgan fingerprint density at radius 2 is 1.93 bits per heavy atom. The summed E-state index contributed by atoms with van der Waals surface area (Å²) in [6.07, 6.45) is 11.3. The van der Waals surface area contributed by atoms with Crippen LogP contribution in [0.3, 0.4) is 0 Å². The van der Waals surface area contributed by atoms with Crippen molar-refractivity contribution in [2.75, 3.05) is 6.61 Å². The Balaban J connectivity index is 2.05. The standard InChI is InChI=1S/C13H18O2/c14-13(12-8-5-9-15-10-12)11-6-3-1-2-4-7-11/h6,10H,1-5,7-9H2. The molecule has 0 spiro atoms. The molecule has 2 nitrogen and oxygen atoms in total. The van der Waals surface area contributed by atoms with Crippen LogP contribution in [0.4, 0.5) is 0 Å². The van der Waals surface area contributed by atoms with Gasteiger partial charge < -0.3 is 4.74 Å². The zero-order chi connectivity index (χ0) is 10.5. The van der Waals surface area contributed by atoms with Crippen LogP contribution in [0, 0.1) is 0 Å². The quantitative estimate of drug-likeness (QED) is 0.693. The molecule has 1 heterocycles. The van der Waals surface area contributed by atoms with Gasteiger partial charge in [-0.1, -0.05) is 12.5 Å². The van der Waals surface area contributed by atoms with Crippen molar-refractivity contribution in [2.45, 2.75) is 44.9 Å². The van der Waals surface area contributed by atoms with E-state index >= 15 is 0 Å². The first-order valence-electron chi connectivity index (χ1n) is 5.92. The fraction of sp³-hybridized carbons (Fsp3) is 0.615. The van der Waals surface area contributed by atoms with E-state index in [1.54, 1.807) is 6.26 Å². The Kier molecular flexibility index (Phi) is 3.59. The topological polar surface area (TPSA) is 26.3 Å². The maximum atomic E-state index is 12.1. The summed E-state index contributed by atoms with van der Waals surface area (Å²) in [7, 11) is 0. The van der Waals surface area contributed by atoms with Crippen molar-refractivity contribution in [1.29, 1.82) is 0 Å². The second-order valence-corrected chi connectivity index (χ2v) is 4.28. The van der Waals surface area contributed by atoms with E-state index in [2.05, 4.69) is 6.08 Å². The van der Waals surface area contributed by atoms with Crippen LogP contribution in [0.1, 0.15) is 44.9 Å². The van der Waals surface area contributed by atoms with Crippen molar-refractivity contribution in [3.8, 4) is 0 Å². The van der Waals surface area contributed by atoms with Crippen molar-refractivity contribution in [2.24, 2.45) is 0 Å². The zero-order valence-electron chi connectivity index (χ0n) is 9.13. The molecule has 0 aromatic heterocycles. The van der Waals surface area contributed by atoms with E-state index in [-0.39, 0.29) is 5.78 Å². The molecular formula is C13H18O2. The molecule has 2 rings (SSSR count). The van der Waals surface area contributed by atoms with Crippen molar-refractivity contribution < 1.29 is 9.53 Å². The number of hydrogen-bond donors (Lipinski definition) is 0. The highest BCUT2D eigenvalue weighted by molar-refractivity contribution is 6.08. The zero-order valence-corrected chi connectivity index (χ0v) is 9.13. The van der Waals surface area contributed by atoms with Crippen LogP contribution in [0.5, 0.6) is 0 Å². The van der Waals surface area contributed by atoms with Crippen LogP contribution < -0.4 is 0 Å². The average molecular weight is 206 g/mol. The summed E-state index contributed by atoms with van der Waals surface area (Å²) in [6, 6.07) is 0. The highest BCUT2D eigenvalue weighted by Crippen LogP contribution is 2.23. The molecule has 0 atom stereocenters. The minimum absolute atomic E-state index is 0.233. The van der Waals surface area contributed by atoms with Gasteiger partial charge in [0, 0.05) is 5.57 Å². The average Bonchev–Trinajstić information content (AvgIpc) is 2.58. The summed E-state index contributed by atoms with van der Waals surface area (Å²) in [6.45, 7) is 0.760. The maximum Gasteiger partial charge on any atom is 0.187 e. The summed E-state index contributed by atoms with van der Waals surface area (Å²) < 4.78 is 5.22. The van der Waals surface area contributed by atoms with Crippen molar-refractivity contribution in [3.63, 3.8) is 0 Å². The Labute approximate surface area is 91.0 Å². The maximum absolute atomic E-state index is 12.1. The molecule has 0 aromatic rings. The van der Waals surface area contributed by atoms with Crippen molar-refractivity contribution in [3.05, 3.63) is 23.5 Å². The van der Waals surface area contributed by atoms with Crippen molar-refractivity contribution in [1.82, 2.24) is 0 Å². The summed E-state index contributed by atoms with van der Waals surface area (Å²) >= 11 is 0. The predicted molar refractivity (Wildman–Crippen MR) is 59.4 cm³/mol. The number of ether oxygens (including phenoxy) is 1. The van der Waals surface area contributed by atoms with E-state index in [9.17, 15) is 4.79 Å². The third-order valence-corrected chi connectivity index (χ3v) is 3.06. The smallest absolute Gasteiger partial charge is 0.187 e. The lowest BCUT2D eigenvalue weighted by Gasteiger charge is -2.13. The molecule has 0 aromatic carbocycles. The summed E-state index contributed by atoms with van der Waals surface area (Å²) in [5.74, 6) is 0.233. The van der Waals surface area contributed by atoms with E-state index in [1.165, 1.54) is 12.8 Å². The summed E-state index contributed by atoms with van der Waals surface area (Å²) in [4.78, 5) is 12.1. The molecule has 0 unspecified atom stereocenters. The van der Waals surface area contributed by atoms with Gasteiger partial charge in [-0.25, -0.2) is 0 Å². The first-order chi connectivity index (χ1) is 7.38. The second-order valence-electron chi connectivity index (χ2n) is 4.28. The summed E-state index contributed by atoms with van der Waals surface area (Å²) in [5.41, 5.74) is 1.89. The molecule has 0 bridgehead atoms. The van der Waals surface area contributed by atoms with Gasteiger partial charge in [0.15, 0.2) is 5.78 Å². The number of carbonyl (C=O) groups excluding carboxylic acids is 1. The SMILES string of the molecule is O=C(C1=CCCCCC1)C1=COCCC1. The van der Waals surface area contributed by atoms with E-state index in [1.807, 2.05) is 0 Å². The fourth-order valence-corrected chi connectivity index (χ4v) is 2.16. The molecule has 0 saturated carbocycles. The highest BCUT2D eigenvalue weighted by Gasteiger charge is 2.18. The van der Waals surface area contributed by atoms with Gasteiger partial charge in [-0.05, 0) is 44.1 Å². The number of carbonyl (C=O) groups is 1. The number of rotatable bonds is 2. The third-order valence-electron chi connectivity index (χ3n) is 3.06. The molecule has 0 saturated heterocycles. The van der Waals surface area contributed by atoms with Crippen LogP contribution in [0.2, 0.25) is 0 Å². The molecule has 82 valence electrons. The van der Waals surface area contributed by atoms with Gasteiger partial charge in [-0.2, -0.15) is 0 Å². The Morgan fingerprint density at radius 3 is 2.73 bits per heavy atom. The summed E-state index contributed by atoms with van der Waals surface area (Å²) in [5, 5.41) is 0. The van der Waals surface area contributed by atoms with Crippen LogP contribution in [-0.4, -0.2) is 12.4 Å². The first kappa shape index (κ1) is 10.5. The largest absolute Gasteiger partial charge is 0.501 e. The van der Waals surface area contributed by atoms with Gasteiger partial charge in [0.05, 0.1) is 12.9 Å². The van der Waals surface area contributed by atoms with E-state index in [0.717, 1.165) is 49.9 Å². The van der Waals surface area contributed by atoms with Gasteiger partial charge in [-0.3, -0.25) is 4.79 Å². The Morgan fingerprint density at radius 1 is 1.07 bits per heavy atom. The minimum Gasteiger partial charge on any atom is -0.501 e. The molecule has 0 fully saturated rings. The van der Waals surface area contributed by atoms with Gasteiger partial charge in [-0.15, -0.1) is 0 Å². The number of allylic oxidation sites excluding steroid dienone is 3. The molecule has 2 aliphatic rings. The molecule has 1 aliphatic carbocycles. The number of Topliss-reactive ketones (excluding diaryl/α,β-unsaturated/α-hetero) is 1. The van der Waals surface area contributed by atoms with E-state index < -0.39 is 0 Å². The lowest BCUT2D eigenvalue weighted by molar-refractivity contribution is -0.112. The van der Waals surface area contributed by atoms with Gasteiger partial charge in [0.25, 0.3) is 0 Å². The normalized spacial score (nSPS) is 22.1. The Bertz CT molecular complexity index is 300. The lowest BCUT2D eigenvalue weighted by Crippen LogP contribution is -2.11. The molecule has 0 amide bonds. The number of hydrogen-bond acceptors (Lipinski definition) is 2. The van der Waals surface area contributed by atoms with Crippen LogP contribution in [0.25, 0.3) is 0 Å². The lowest BCUT2D eigenvalue weighted by atomic mass is 9.97. The first-order valence-corrected chi connectivity index (χ1v) is 5.92. The van der Waals surface area contributed by atoms with E-state index in [0.29, 0.717) is 0 Å². The van der Waals surface area contributed by atoms with Gasteiger partial charge >= 0.3 is 0 Å². The van der Waals surface area contributed by atoms with Crippen LogP contribution in [0.15, 0.2) is 23.5 Å². The van der Waals surface area contributed by atoms with Crippen LogP contribution in [-0.2, 0) is 9.53 Å². The number of ketones is 1. The predicted octanol–water partition coefficient (Wildman–Crippen LogP) is 3.14. The molecule has 0 radical (unpaired) electrons. The Hall–Kier alpha value is -1.05. The minimum atomic E-state index is 0.233. The third kappa shape index (κ3) is 2.71. The highest BCUT2D eigenvalue weighted by atomic mass is 16.5. The van der Waals surface area contributed by atoms with E-state index in [4.69, 9.17) is 4.74 Å². The monoisotopic (exact) mass is 206 g/mol. The molecule has 1 aliphatic heterocycles. The fourth-order valence-electron chi connectivity index (χ4n) is 2.16.